The van der Waals surface area contributed by atoms with Crippen LogP contribution in [-0.2, 0) is 0 Å². The van der Waals surface area contributed by atoms with E-state index in [0.29, 0.717) is 12.0 Å². The van der Waals surface area contributed by atoms with Gasteiger partial charge in [-0.15, -0.1) is 0 Å². The van der Waals surface area contributed by atoms with Crippen LogP contribution in [0.2, 0.25) is 0 Å². The van der Waals surface area contributed by atoms with Gasteiger partial charge in [0.25, 0.3) is 0 Å². The first-order chi connectivity index (χ1) is 9.08. The molecule has 4 heteroatoms. The molecule has 0 aromatic heterocycles. The largest absolute Gasteiger partial charge is 0.434 e. The Morgan fingerprint density at radius 2 is 1.89 bits per heavy atom. The molecule has 2 nitrogen and oxygen atoms in total. The van der Waals surface area contributed by atoms with Crippen molar-refractivity contribution >= 4 is 0 Å². The third-order valence-electron chi connectivity index (χ3n) is 3.97. The Morgan fingerprint density at radius 1 is 1.21 bits per heavy atom. The molecule has 106 valence electrons. The first-order valence-electron chi connectivity index (χ1n) is 6.87. The topological polar surface area (TPSA) is 21.3 Å². The number of ether oxygens (including phenoxy) is 1. The zero-order chi connectivity index (χ0) is 13.8. The second kappa shape index (κ2) is 6.33. The van der Waals surface area contributed by atoms with Crippen LogP contribution in [0.5, 0.6) is 5.75 Å². The van der Waals surface area contributed by atoms with Crippen LogP contribution in [0.4, 0.5) is 8.78 Å². The fourth-order valence-electron chi connectivity index (χ4n) is 2.60. The predicted molar refractivity (Wildman–Crippen MR) is 71.4 cm³/mol. The molecule has 1 aliphatic carbocycles. The molecule has 1 saturated carbocycles. The Labute approximate surface area is 113 Å². The summed E-state index contributed by atoms with van der Waals surface area (Å²) >= 11 is 0. The lowest BCUT2D eigenvalue weighted by molar-refractivity contribution is -0.0507. The molecule has 0 saturated heterocycles. The van der Waals surface area contributed by atoms with Gasteiger partial charge in [-0.1, -0.05) is 24.6 Å². The fraction of sp³-hybridized carbons (Fsp3) is 0.600. The van der Waals surface area contributed by atoms with Gasteiger partial charge in [0.15, 0.2) is 0 Å². The number of para-hydroxylation sites is 1. The standard InChI is InChI=1S/C15H21F2NO/c1-10(12-6-5-7-12)18-11(2)13-8-3-4-9-14(13)19-15(16)17/h3-4,8-12,15,18H,5-7H2,1-2H3. The highest BCUT2D eigenvalue weighted by atomic mass is 19.3. The molecular weight excluding hydrogens is 248 g/mol. The Morgan fingerprint density at radius 3 is 2.47 bits per heavy atom. The molecular formula is C15H21F2NO. The molecule has 0 radical (unpaired) electrons. The van der Waals surface area contributed by atoms with E-state index in [1.165, 1.54) is 19.3 Å². The van der Waals surface area contributed by atoms with E-state index in [-0.39, 0.29) is 11.8 Å². The highest BCUT2D eigenvalue weighted by Crippen LogP contribution is 2.32. The normalized spacial score (nSPS) is 19.0. The molecule has 2 rings (SSSR count). The van der Waals surface area contributed by atoms with Crippen molar-refractivity contribution in [3.8, 4) is 5.75 Å². The third-order valence-corrected chi connectivity index (χ3v) is 3.97. The summed E-state index contributed by atoms with van der Waals surface area (Å²) in [5.74, 6) is 0.976. The minimum Gasteiger partial charge on any atom is -0.434 e. The number of hydrogen-bond donors (Lipinski definition) is 1. The van der Waals surface area contributed by atoms with Crippen LogP contribution in [0.3, 0.4) is 0 Å². The number of benzene rings is 1. The van der Waals surface area contributed by atoms with E-state index in [4.69, 9.17) is 0 Å². The van der Waals surface area contributed by atoms with Gasteiger partial charge >= 0.3 is 6.61 Å². The van der Waals surface area contributed by atoms with Crippen molar-refractivity contribution in [3.63, 3.8) is 0 Å². The van der Waals surface area contributed by atoms with Gasteiger partial charge in [0.2, 0.25) is 0 Å². The molecule has 1 aromatic rings. The van der Waals surface area contributed by atoms with Crippen molar-refractivity contribution in [2.75, 3.05) is 0 Å². The van der Waals surface area contributed by atoms with Crippen LogP contribution in [0.1, 0.15) is 44.7 Å². The summed E-state index contributed by atoms with van der Waals surface area (Å²) < 4.78 is 29.3. The molecule has 2 unspecified atom stereocenters. The quantitative estimate of drug-likeness (QED) is 0.838. The van der Waals surface area contributed by atoms with Gasteiger partial charge in [-0.05, 0) is 38.7 Å². The van der Waals surface area contributed by atoms with Crippen molar-refractivity contribution in [1.29, 1.82) is 0 Å². The van der Waals surface area contributed by atoms with Gasteiger partial charge in [-0.3, -0.25) is 0 Å². The smallest absolute Gasteiger partial charge is 0.387 e. The summed E-state index contributed by atoms with van der Waals surface area (Å²) in [5, 5.41) is 3.49. The molecule has 0 spiro atoms. The van der Waals surface area contributed by atoms with Crippen LogP contribution in [-0.4, -0.2) is 12.7 Å². The first-order valence-corrected chi connectivity index (χ1v) is 6.87. The van der Waals surface area contributed by atoms with Crippen molar-refractivity contribution in [3.05, 3.63) is 29.8 Å². The van der Waals surface area contributed by atoms with E-state index in [2.05, 4.69) is 17.0 Å². The summed E-state index contributed by atoms with van der Waals surface area (Å²) in [5.41, 5.74) is 0.786. The molecule has 0 aliphatic heterocycles. The van der Waals surface area contributed by atoms with Crippen LogP contribution in [0, 0.1) is 5.92 Å². The molecule has 0 bridgehead atoms. The molecule has 0 heterocycles. The highest BCUT2D eigenvalue weighted by molar-refractivity contribution is 5.35. The molecule has 1 N–H and O–H groups in total. The zero-order valence-corrected chi connectivity index (χ0v) is 11.4. The Balaban J connectivity index is 2.02. The van der Waals surface area contributed by atoms with E-state index in [1.807, 2.05) is 19.1 Å². The molecule has 19 heavy (non-hydrogen) atoms. The Hall–Kier alpha value is -1.16. The van der Waals surface area contributed by atoms with Gasteiger partial charge in [0.1, 0.15) is 5.75 Å². The number of halogens is 2. The van der Waals surface area contributed by atoms with Crippen molar-refractivity contribution in [1.82, 2.24) is 5.32 Å². The minimum atomic E-state index is -2.78. The predicted octanol–water partition coefficient (Wildman–Crippen LogP) is 4.13. The van der Waals surface area contributed by atoms with Gasteiger partial charge in [0.05, 0.1) is 0 Å². The number of rotatable bonds is 6. The van der Waals surface area contributed by atoms with E-state index >= 15 is 0 Å². The van der Waals surface area contributed by atoms with Crippen molar-refractivity contribution in [2.45, 2.75) is 51.8 Å². The monoisotopic (exact) mass is 269 g/mol. The molecule has 1 fully saturated rings. The summed E-state index contributed by atoms with van der Waals surface area (Å²) in [4.78, 5) is 0. The van der Waals surface area contributed by atoms with E-state index in [1.54, 1.807) is 12.1 Å². The van der Waals surface area contributed by atoms with Crippen LogP contribution in [0.25, 0.3) is 0 Å². The van der Waals surface area contributed by atoms with Crippen LogP contribution >= 0.6 is 0 Å². The lowest BCUT2D eigenvalue weighted by Crippen LogP contribution is -2.38. The SMILES string of the molecule is CC(NC(C)C1CCC1)c1ccccc1OC(F)F. The van der Waals surface area contributed by atoms with E-state index < -0.39 is 6.61 Å². The second-order valence-electron chi connectivity index (χ2n) is 5.28. The van der Waals surface area contributed by atoms with Gasteiger partial charge in [-0.2, -0.15) is 8.78 Å². The number of nitrogens with one attached hydrogen (secondary N) is 1. The molecule has 1 aliphatic rings. The summed E-state index contributed by atoms with van der Waals surface area (Å²) in [6.45, 7) is 1.37. The van der Waals surface area contributed by atoms with Crippen LogP contribution in [0.15, 0.2) is 24.3 Å². The average Bonchev–Trinajstić information content (AvgIpc) is 2.26. The molecule has 2 atom stereocenters. The highest BCUT2D eigenvalue weighted by Gasteiger charge is 2.25. The summed E-state index contributed by atoms with van der Waals surface area (Å²) in [6.07, 6.45) is 3.82. The summed E-state index contributed by atoms with van der Waals surface area (Å²) in [7, 11) is 0. The maximum Gasteiger partial charge on any atom is 0.387 e. The lowest BCUT2D eigenvalue weighted by Gasteiger charge is -2.34. The second-order valence-corrected chi connectivity index (χ2v) is 5.28. The Bertz CT molecular complexity index is 407. The minimum absolute atomic E-state index is 0.00514. The van der Waals surface area contributed by atoms with Crippen LogP contribution < -0.4 is 10.1 Å². The van der Waals surface area contributed by atoms with Gasteiger partial charge in [0, 0.05) is 17.6 Å². The van der Waals surface area contributed by atoms with Crippen molar-refractivity contribution in [2.24, 2.45) is 5.92 Å². The van der Waals surface area contributed by atoms with Gasteiger partial charge in [-0.25, -0.2) is 0 Å². The first kappa shape index (κ1) is 14.3. The fourth-order valence-corrected chi connectivity index (χ4v) is 2.60. The number of alkyl halides is 2. The molecule has 1 aromatic carbocycles. The maximum atomic E-state index is 12.4. The average molecular weight is 269 g/mol. The lowest BCUT2D eigenvalue weighted by atomic mass is 9.80. The maximum absolute atomic E-state index is 12.4. The van der Waals surface area contributed by atoms with E-state index in [9.17, 15) is 8.78 Å². The Kier molecular flexibility index (Phi) is 4.75. The van der Waals surface area contributed by atoms with Crippen molar-refractivity contribution < 1.29 is 13.5 Å². The van der Waals surface area contributed by atoms with E-state index in [0.717, 1.165) is 5.56 Å². The third kappa shape index (κ3) is 3.66. The summed E-state index contributed by atoms with van der Waals surface area (Å²) in [6, 6.07) is 7.40. The number of hydrogen-bond acceptors (Lipinski definition) is 2. The van der Waals surface area contributed by atoms with Gasteiger partial charge < -0.3 is 10.1 Å². The zero-order valence-electron chi connectivity index (χ0n) is 11.4. The molecule has 0 amide bonds.